The SMILES string of the molecule is COCCN(C)C(=O)C1CC1. The first kappa shape index (κ1) is 8.53. The standard InChI is InChI=1S/C8H15NO2/c1-9(5-6-11-2)8(10)7-3-4-7/h7H,3-6H2,1-2H3. The van der Waals surface area contributed by atoms with Crippen LogP contribution in [-0.4, -0.2) is 38.1 Å². The van der Waals surface area contributed by atoms with Crippen molar-refractivity contribution in [2.45, 2.75) is 12.8 Å². The minimum Gasteiger partial charge on any atom is -0.383 e. The van der Waals surface area contributed by atoms with Gasteiger partial charge in [-0.1, -0.05) is 0 Å². The number of rotatable bonds is 4. The van der Waals surface area contributed by atoms with Crippen molar-refractivity contribution in [1.82, 2.24) is 4.90 Å². The molecular formula is C8H15NO2. The number of likely N-dealkylation sites (N-methyl/N-ethyl adjacent to an activating group) is 1. The number of carbonyl (C=O) groups is 1. The molecule has 3 nitrogen and oxygen atoms in total. The lowest BCUT2D eigenvalue weighted by atomic mass is 10.3. The summed E-state index contributed by atoms with van der Waals surface area (Å²) in [6, 6.07) is 0. The Bertz CT molecular complexity index is 143. The molecule has 0 aromatic heterocycles. The number of methoxy groups -OCH3 is 1. The summed E-state index contributed by atoms with van der Waals surface area (Å²) in [7, 11) is 3.48. The summed E-state index contributed by atoms with van der Waals surface area (Å²) in [4.78, 5) is 13.0. The van der Waals surface area contributed by atoms with Crippen LogP contribution >= 0.6 is 0 Å². The van der Waals surface area contributed by atoms with Gasteiger partial charge in [0.2, 0.25) is 5.91 Å². The van der Waals surface area contributed by atoms with Gasteiger partial charge in [-0.25, -0.2) is 0 Å². The molecule has 0 N–H and O–H groups in total. The summed E-state index contributed by atoms with van der Waals surface area (Å²) in [5.41, 5.74) is 0. The zero-order valence-electron chi connectivity index (χ0n) is 7.17. The van der Waals surface area contributed by atoms with Crippen LogP contribution in [0.5, 0.6) is 0 Å². The van der Waals surface area contributed by atoms with Crippen LogP contribution in [0.15, 0.2) is 0 Å². The lowest BCUT2D eigenvalue weighted by Crippen LogP contribution is -2.30. The van der Waals surface area contributed by atoms with Gasteiger partial charge in [-0.05, 0) is 12.8 Å². The van der Waals surface area contributed by atoms with Crippen LogP contribution in [-0.2, 0) is 9.53 Å². The molecule has 0 aromatic rings. The van der Waals surface area contributed by atoms with Gasteiger partial charge < -0.3 is 9.64 Å². The zero-order chi connectivity index (χ0) is 8.27. The van der Waals surface area contributed by atoms with Gasteiger partial charge in [-0.15, -0.1) is 0 Å². The van der Waals surface area contributed by atoms with Crippen LogP contribution in [0, 0.1) is 5.92 Å². The molecule has 0 atom stereocenters. The van der Waals surface area contributed by atoms with Crippen LogP contribution in [0.1, 0.15) is 12.8 Å². The maximum atomic E-state index is 11.3. The molecule has 3 heteroatoms. The minimum absolute atomic E-state index is 0.280. The summed E-state index contributed by atoms with van der Waals surface area (Å²) >= 11 is 0. The monoisotopic (exact) mass is 157 g/mol. The number of amides is 1. The highest BCUT2D eigenvalue weighted by Crippen LogP contribution is 2.30. The molecule has 1 aliphatic rings. The van der Waals surface area contributed by atoms with Crippen LogP contribution in [0.3, 0.4) is 0 Å². The quantitative estimate of drug-likeness (QED) is 0.594. The normalized spacial score (nSPS) is 16.5. The fourth-order valence-corrected chi connectivity index (χ4v) is 0.980. The van der Waals surface area contributed by atoms with Crippen molar-refractivity contribution in [3.8, 4) is 0 Å². The summed E-state index contributed by atoms with van der Waals surface area (Å²) in [6.07, 6.45) is 2.16. The summed E-state index contributed by atoms with van der Waals surface area (Å²) in [5, 5.41) is 0. The van der Waals surface area contributed by atoms with Crippen LogP contribution in [0.4, 0.5) is 0 Å². The third-order valence-electron chi connectivity index (χ3n) is 1.93. The molecule has 1 saturated carbocycles. The summed E-state index contributed by atoms with van der Waals surface area (Å²) in [6.45, 7) is 1.35. The molecular weight excluding hydrogens is 142 g/mol. The second-order valence-corrected chi connectivity index (χ2v) is 3.03. The largest absolute Gasteiger partial charge is 0.383 e. The van der Waals surface area contributed by atoms with Crippen molar-refractivity contribution >= 4 is 5.91 Å². The van der Waals surface area contributed by atoms with Gasteiger partial charge in [0.25, 0.3) is 0 Å². The lowest BCUT2D eigenvalue weighted by Gasteiger charge is -2.15. The molecule has 0 unspecified atom stereocenters. The third kappa shape index (κ3) is 2.50. The van der Waals surface area contributed by atoms with E-state index in [-0.39, 0.29) is 5.91 Å². The smallest absolute Gasteiger partial charge is 0.225 e. The third-order valence-corrected chi connectivity index (χ3v) is 1.93. The van der Waals surface area contributed by atoms with Gasteiger partial charge in [-0.3, -0.25) is 4.79 Å². The Morgan fingerprint density at radius 2 is 2.27 bits per heavy atom. The predicted molar refractivity (Wildman–Crippen MR) is 42.2 cm³/mol. The molecule has 1 aliphatic carbocycles. The fraction of sp³-hybridized carbons (Fsp3) is 0.875. The maximum Gasteiger partial charge on any atom is 0.225 e. The Morgan fingerprint density at radius 1 is 1.64 bits per heavy atom. The topological polar surface area (TPSA) is 29.5 Å². The lowest BCUT2D eigenvalue weighted by molar-refractivity contribution is -0.131. The zero-order valence-corrected chi connectivity index (χ0v) is 7.17. The van der Waals surface area contributed by atoms with Gasteiger partial charge >= 0.3 is 0 Å². The maximum absolute atomic E-state index is 11.3. The Labute approximate surface area is 67.3 Å². The van der Waals surface area contributed by atoms with E-state index in [0.29, 0.717) is 19.1 Å². The van der Waals surface area contributed by atoms with Crippen molar-refractivity contribution < 1.29 is 9.53 Å². The number of nitrogens with zero attached hydrogens (tertiary/aromatic N) is 1. The fourth-order valence-electron chi connectivity index (χ4n) is 0.980. The van der Waals surface area contributed by atoms with Gasteiger partial charge in [0, 0.05) is 26.6 Å². The predicted octanol–water partition coefficient (Wildman–Crippen LogP) is 0.501. The van der Waals surface area contributed by atoms with E-state index in [4.69, 9.17) is 4.74 Å². The van der Waals surface area contributed by atoms with E-state index >= 15 is 0 Å². The molecule has 11 heavy (non-hydrogen) atoms. The van der Waals surface area contributed by atoms with E-state index in [1.807, 2.05) is 7.05 Å². The number of hydrogen-bond donors (Lipinski definition) is 0. The van der Waals surface area contributed by atoms with Crippen molar-refractivity contribution in [1.29, 1.82) is 0 Å². The average molecular weight is 157 g/mol. The molecule has 0 spiro atoms. The van der Waals surface area contributed by atoms with Gasteiger partial charge in [0.1, 0.15) is 0 Å². The first-order chi connectivity index (χ1) is 5.25. The highest BCUT2D eigenvalue weighted by atomic mass is 16.5. The Balaban J connectivity index is 2.16. The van der Waals surface area contributed by atoms with Gasteiger partial charge in [-0.2, -0.15) is 0 Å². The Hall–Kier alpha value is -0.570. The van der Waals surface area contributed by atoms with E-state index in [2.05, 4.69) is 0 Å². The first-order valence-electron chi connectivity index (χ1n) is 3.99. The van der Waals surface area contributed by atoms with E-state index in [0.717, 1.165) is 12.8 Å². The van der Waals surface area contributed by atoms with Crippen molar-refractivity contribution in [3.05, 3.63) is 0 Å². The van der Waals surface area contributed by atoms with E-state index in [1.54, 1.807) is 12.0 Å². The highest BCUT2D eigenvalue weighted by molar-refractivity contribution is 5.80. The van der Waals surface area contributed by atoms with E-state index in [1.165, 1.54) is 0 Å². The molecule has 64 valence electrons. The van der Waals surface area contributed by atoms with Crippen LogP contribution in [0.2, 0.25) is 0 Å². The summed E-state index contributed by atoms with van der Waals surface area (Å²) < 4.78 is 4.87. The second-order valence-electron chi connectivity index (χ2n) is 3.03. The first-order valence-corrected chi connectivity index (χ1v) is 3.99. The van der Waals surface area contributed by atoms with Crippen molar-refractivity contribution in [2.75, 3.05) is 27.3 Å². The average Bonchev–Trinajstić information content (AvgIpc) is 2.81. The van der Waals surface area contributed by atoms with Crippen LogP contribution in [0.25, 0.3) is 0 Å². The second kappa shape index (κ2) is 3.72. The highest BCUT2D eigenvalue weighted by Gasteiger charge is 2.31. The van der Waals surface area contributed by atoms with Crippen molar-refractivity contribution in [3.63, 3.8) is 0 Å². The molecule has 0 bridgehead atoms. The van der Waals surface area contributed by atoms with Crippen molar-refractivity contribution in [2.24, 2.45) is 5.92 Å². The molecule has 0 radical (unpaired) electrons. The van der Waals surface area contributed by atoms with Gasteiger partial charge in [0.05, 0.1) is 6.61 Å². The molecule has 1 amide bonds. The van der Waals surface area contributed by atoms with Crippen LogP contribution < -0.4 is 0 Å². The molecule has 1 rings (SSSR count). The minimum atomic E-state index is 0.280. The number of hydrogen-bond acceptors (Lipinski definition) is 2. The molecule has 0 saturated heterocycles. The summed E-state index contributed by atoms with van der Waals surface area (Å²) in [5.74, 6) is 0.610. The molecule has 0 heterocycles. The van der Waals surface area contributed by atoms with E-state index < -0.39 is 0 Å². The van der Waals surface area contributed by atoms with E-state index in [9.17, 15) is 4.79 Å². The Morgan fingerprint density at radius 3 is 2.73 bits per heavy atom. The number of carbonyl (C=O) groups excluding carboxylic acids is 1. The Kier molecular flexibility index (Phi) is 2.88. The molecule has 1 fully saturated rings. The number of ether oxygens (including phenoxy) is 1. The molecule has 0 aliphatic heterocycles. The molecule has 0 aromatic carbocycles. The van der Waals surface area contributed by atoms with Gasteiger partial charge in [0.15, 0.2) is 0 Å².